The van der Waals surface area contributed by atoms with Gasteiger partial charge in [-0.25, -0.2) is 0 Å². The van der Waals surface area contributed by atoms with Crippen LogP contribution < -0.4 is 5.32 Å². The number of unbranched alkanes of at least 4 members (excludes halogenated alkanes) is 3. The second-order valence-electron chi connectivity index (χ2n) is 6.42. The average molecular weight is 295 g/mol. The molecule has 0 unspecified atom stereocenters. The van der Waals surface area contributed by atoms with E-state index in [2.05, 4.69) is 48.6 Å². The van der Waals surface area contributed by atoms with Crippen LogP contribution in [0.5, 0.6) is 0 Å². The first-order valence-corrected chi connectivity index (χ1v) is 8.57. The Kier molecular flexibility index (Phi) is 4.77. The van der Waals surface area contributed by atoms with Crippen molar-refractivity contribution in [3.05, 3.63) is 47.5 Å². The Morgan fingerprint density at radius 3 is 2.36 bits per heavy atom. The van der Waals surface area contributed by atoms with E-state index in [1.54, 1.807) is 0 Å². The molecule has 0 fully saturated rings. The molecule has 2 aromatic carbocycles. The van der Waals surface area contributed by atoms with Crippen molar-refractivity contribution in [3.8, 4) is 0 Å². The monoisotopic (exact) mass is 295 g/mol. The quantitative estimate of drug-likeness (QED) is 0.787. The molecule has 0 heterocycles. The molecule has 0 bridgehead atoms. The first-order chi connectivity index (χ1) is 10.8. The third kappa shape index (κ3) is 3.32. The molecular formula is C20H25NO. The van der Waals surface area contributed by atoms with Gasteiger partial charge >= 0.3 is 0 Å². The summed E-state index contributed by atoms with van der Waals surface area (Å²) >= 11 is 0. The van der Waals surface area contributed by atoms with E-state index in [9.17, 15) is 4.79 Å². The molecule has 3 rings (SSSR count). The predicted octanol–water partition coefficient (Wildman–Crippen LogP) is 4.39. The molecule has 1 aliphatic rings. The van der Waals surface area contributed by atoms with Crippen molar-refractivity contribution in [1.82, 2.24) is 5.32 Å². The van der Waals surface area contributed by atoms with E-state index >= 15 is 0 Å². The summed E-state index contributed by atoms with van der Waals surface area (Å²) in [6.07, 6.45) is 7.19. The minimum Gasteiger partial charge on any atom is -0.353 e. The summed E-state index contributed by atoms with van der Waals surface area (Å²) in [5.41, 5.74) is 2.74. The maximum Gasteiger partial charge on any atom is 0.220 e. The molecule has 1 N–H and O–H groups in total. The Morgan fingerprint density at radius 2 is 1.73 bits per heavy atom. The molecule has 2 aromatic rings. The van der Waals surface area contributed by atoms with E-state index in [-0.39, 0.29) is 11.9 Å². The fourth-order valence-corrected chi connectivity index (χ4v) is 3.56. The Morgan fingerprint density at radius 1 is 1.05 bits per heavy atom. The number of rotatable bonds is 6. The lowest BCUT2D eigenvalue weighted by molar-refractivity contribution is -0.121. The topological polar surface area (TPSA) is 29.1 Å². The van der Waals surface area contributed by atoms with E-state index in [0.29, 0.717) is 6.42 Å². The van der Waals surface area contributed by atoms with E-state index in [4.69, 9.17) is 0 Å². The lowest BCUT2D eigenvalue weighted by Crippen LogP contribution is -2.39. The van der Waals surface area contributed by atoms with Crippen molar-refractivity contribution in [2.45, 2.75) is 57.9 Å². The molecule has 0 saturated heterocycles. The third-order valence-electron chi connectivity index (χ3n) is 4.63. The van der Waals surface area contributed by atoms with E-state index in [1.807, 2.05) is 0 Å². The number of hydrogen-bond acceptors (Lipinski definition) is 1. The van der Waals surface area contributed by atoms with Gasteiger partial charge in [-0.05, 0) is 41.2 Å². The molecule has 0 radical (unpaired) electrons. The number of benzene rings is 2. The second-order valence-corrected chi connectivity index (χ2v) is 6.42. The van der Waals surface area contributed by atoms with Crippen LogP contribution in [0.1, 0.15) is 50.2 Å². The van der Waals surface area contributed by atoms with Gasteiger partial charge in [0.15, 0.2) is 0 Å². The summed E-state index contributed by atoms with van der Waals surface area (Å²) in [7, 11) is 0. The Labute approximate surface area is 132 Å². The van der Waals surface area contributed by atoms with Gasteiger partial charge in [0, 0.05) is 12.5 Å². The number of carbonyl (C=O) groups excluding carboxylic acids is 1. The van der Waals surface area contributed by atoms with Gasteiger partial charge in [0.2, 0.25) is 5.91 Å². The lowest BCUT2D eigenvalue weighted by atomic mass is 9.85. The number of carbonyl (C=O) groups is 1. The van der Waals surface area contributed by atoms with Crippen LogP contribution in [0, 0.1) is 0 Å². The van der Waals surface area contributed by atoms with Gasteiger partial charge < -0.3 is 5.32 Å². The SMILES string of the molecule is CCCCCCC(=O)NC1Cc2cccc3cccc(c23)C1. The van der Waals surface area contributed by atoms with Crippen molar-refractivity contribution >= 4 is 16.7 Å². The molecule has 1 amide bonds. The Bertz CT molecular complexity index is 621. The van der Waals surface area contributed by atoms with Crippen molar-refractivity contribution < 1.29 is 4.79 Å². The minimum absolute atomic E-state index is 0.215. The summed E-state index contributed by atoms with van der Waals surface area (Å²) in [4.78, 5) is 12.1. The standard InChI is InChI=1S/C20H25NO/c1-2-3-4-5-12-19(22)21-18-13-16-10-6-8-15-9-7-11-17(14-18)20(15)16/h6-11,18H,2-5,12-14H2,1H3,(H,21,22). The largest absolute Gasteiger partial charge is 0.353 e. The van der Waals surface area contributed by atoms with Crippen LogP contribution in [0.15, 0.2) is 36.4 Å². The predicted molar refractivity (Wildman–Crippen MR) is 92.0 cm³/mol. The fraction of sp³-hybridized carbons (Fsp3) is 0.450. The molecule has 0 saturated carbocycles. The maximum atomic E-state index is 12.1. The smallest absolute Gasteiger partial charge is 0.220 e. The molecule has 0 aromatic heterocycles. The van der Waals surface area contributed by atoms with Crippen LogP contribution >= 0.6 is 0 Å². The number of hydrogen-bond donors (Lipinski definition) is 1. The summed E-state index contributed by atoms with van der Waals surface area (Å²) in [5.74, 6) is 0.215. The molecule has 1 aliphatic carbocycles. The first kappa shape index (κ1) is 15.1. The third-order valence-corrected chi connectivity index (χ3v) is 4.63. The normalized spacial score (nSPS) is 14.2. The van der Waals surface area contributed by atoms with E-state index in [1.165, 1.54) is 34.7 Å². The van der Waals surface area contributed by atoms with Gasteiger partial charge in [-0.2, -0.15) is 0 Å². The molecule has 116 valence electrons. The molecule has 2 heteroatoms. The highest BCUT2D eigenvalue weighted by Crippen LogP contribution is 2.29. The number of nitrogens with one attached hydrogen (secondary N) is 1. The highest BCUT2D eigenvalue weighted by Gasteiger charge is 2.21. The molecule has 0 spiro atoms. The minimum atomic E-state index is 0.215. The average Bonchev–Trinajstić information content (AvgIpc) is 2.52. The second kappa shape index (κ2) is 6.95. The fourth-order valence-electron chi connectivity index (χ4n) is 3.56. The summed E-state index contributed by atoms with van der Waals surface area (Å²) in [6.45, 7) is 2.19. The van der Waals surface area contributed by atoms with Gasteiger partial charge in [-0.3, -0.25) is 4.79 Å². The Balaban J connectivity index is 1.63. The van der Waals surface area contributed by atoms with Crippen LogP contribution in [0.2, 0.25) is 0 Å². The summed E-state index contributed by atoms with van der Waals surface area (Å²) in [6, 6.07) is 13.2. The van der Waals surface area contributed by atoms with Crippen molar-refractivity contribution in [2.75, 3.05) is 0 Å². The maximum absolute atomic E-state index is 12.1. The van der Waals surface area contributed by atoms with Gasteiger partial charge in [0.1, 0.15) is 0 Å². The van der Waals surface area contributed by atoms with Crippen LogP contribution in [0.25, 0.3) is 10.8 Å². The molecular weight excluding hydrogens is 270 g/mol. The van der Waals surface area contributed by atoms with Crippen molar-refractivity contribution in [2.24, 2.45) is 0 Å². The first-order valence-electron chi connectivity index (χ1n) is 8.57. The van der Waals surface area contributed by atoms with Crippen molar-refractivity contribution in [1.29, 1.82) is 0 Å². The summed E-state index contributed by atoms with van der Waals surface area (Å²) in [5, 5.41) is 5.96. The zero-order valence-corrected chi connectivity index (χ0v) is 13.4. The van der Waals surface area contributed by atoms with Gasteiger partial charge in [-0.15, -0.1) is 0 Å². The van der Waals surface area contributed by atoms with Crippen molar-refractivity contribution in [3.63, 3.8) is 0 Å². The lowest BCUT2D eigenvalue weighted by Gasteiger charge is -2.26. The van der Waals surface area contributed by atoms with Crippen LogP contribution in [0.3, 0.4) is 0 Å². The van der Waals surface area contributed by atoms with Crippen LogP contribution in [-0.2, 0) is 17.6 Å². The van der Waals surface area contributed by atoms with E-state index < -0.39 is 0 Å². The summed E-state index contributed by atoms with van der Waals surface area (Å²) < 4.78 is 0. The Hall–Kier alpha value is -1.83. The molecule has 2 nitrogen and oxygen atoms in total. The zero-order valence-electron chi connectivity index (χ0n) is 13.4. The van der Waals surface area contributed by atoms with Gasteiger partial charge in [-0.1, -0.05) is 62.6 Å². The highest BCUT2D eigenvalue weighted by molar-refractivity contribution is 5.90. The molecule has 0 atom stereocenters. The van der Waals surface area contributed by atoms with Gasteiger partial charge in [0.05, 0.1) is 0 Å². The highest BCUT2D eigenvalue weighted by atomic mass is 16.1. The molecule has 0 aliphatic heterocycles. The number of amides is 1. The van der Waals surface area contributed by atoms with Crippen LogP contribution in [0.4, 0.5) is 0 Å². The molecule has 22 heavy (non-hydrogen) atoms. The van der Waals surface area contributed by atoms with E-state index in [0.717, 1.165) is 25.7 Å². The van der Waals surface area contributed by atoms with Crippen LogP contribution in [-0.4, -0.2) is 11.9 Å². The zero-order chi connectivity index (χ0) is 15.4. The van der Waals surface area contributed by atoms with Gasteiger partial charge in [0.25, 0.3) is 0 Å².